The molecule has 0 aliphatic heterocycles. The molecule has 0 saturated heterocycles. The first-order valence-corrected chi connectivity index (χ1v) is 13.4. The van der Waals surface area contributed by atoms with Crippen molar-refractivity contribution < 1.29 is 23.5 Å². The van der Waals surface area contributed by atoms with Gasteiger partial charge in [0.25, 0.3) is 0 Å². The third-order valence-corrected chi connectivity index (χ3v) is 6.97. The van der Waals surface area contributed by atoms with Crippen molar-refractivity contribution in [2.75, 3.05) is 13.6 Å². The number of amides is 3. The lowest BCUT2D eigenvalue weighted by molar-refractivity contribution is -0.121. The third-order valence-electron chi connectivity index (χ3n) is 6.24. The summed E-state index contributed by atoms with van der Waals surface area (Å²) in [7, 11) is 1.46. The maximum Gasteiger partial charge on any atom is 0.336 e. The van der Waals surface area contributed by atoms with Crippen molar-refractivity contribution >= 4 is 23.3 Å². The molecule has 2 atom stereocenters. The minimum atomic E-state index is -1.07. The average molecular weight is 545 g/mol. The molecule has 0 aliphatic rings. The molecule has 0 bridgehead atoms. The van der Waals surface area contributed by atoms with Crippen LogP contribution in [0.2, 0.25) is 0 Å². The Bertz CT molecular complexity index is 1170. The Morgan fingerprint density at radius 3 is 2.42 bits per heavy atom. The molecule has 3 aromatic rings. The van der Waals surface area contributed by atoms with Crippen LogP contribution in [-0.2, 0) is 30.6 Å². The fourth-order valence-electron chi connectivity index (χ4n) is 4.08. The number of hydrogen-bond donors (Lipinski definition) is 4. The number of hydrazine groups is 1. The predicted molar refractivity (Wildman–Crippen MR) is 144 cm³/mol. The van der Waals surface area contributed by atoms with Crippen molar-refractivity contribution in [2.45, 2.75) is 51.3 Å². The maximum absolute atomic E-state index is 13.8. The third kappa shape index (κ3) is 9.20. The van der Waals surface area contributed by atoms with Crippen molar-refractivity contribution in [1.82, 2.24) is 21.1 Å². The highest BCUT2D eigenvalue weighted by Gasteiger charge is 2.28. The van der Waals surface area contributed by atoms with Crippen LogP contribution in [0, 0.1) is 11.6 Å². The number of likely N-dealkylation sites (N-methyl/N-ethyl adjacent to an activating group) is 1. The largest absolute Gasteiger partial charge is 0.390 e. The normalized spacial score (nSPS) is 12.6. The molecule has 1 heterocycles. The van der Waals surface area contributed by atoms with Crippen LogP contribution in [0.15, 0.2) is 59.3 Å². The van der Waals surface area contributed by atoms with Gasteiger partial charge in [0.2, 0.25) is 5.91 Å². The van der Waals surface area contributed by atoms with Gasteiger partial charge in [-0.05, 0) is 70.5 Å². The van der Waals surface area contributed by atoms with Crippen molar-refractivity contribution in [2.24, 2.45) is 0 Å². The van der Waals surface area contributed by atoms with E-state index in [4.69, 9.17) is 0 Å². The number of hydrogen-bond acceptors (Lipinski definition) is 5. The Kier molecular flexibility index (Phi) is 11.2. The Morgan fingerprint density at radius 2 is 1.74 bits per heavy atom. The molecule has 7 nitrogen and oxygen atoms in total. The summed E-state index contributed by atoms with van der Waals surface area (Å²) in [4.78, 5) is 26.2. The van der Waals surface area contributed by atoms with Crippen LogP contribution in [0.5, 0.6) is 0 Å². The second-order valence-electron chi connectivity index (χ2n) is 9.14. The van der Waals surface area contributed by atoms with Crippen LogP contribution in [-0.4, -0.2) is 47.7 Å². The fourth-order valence-corrected chi connectivity index (χ4v) is 4.78. The lowest BCUT2D eigenvalue weighted by atomic mass is 9.99. The van der Waals surface area contributed by atoms with Gasteiger partial charge in [-0.3, -0.25) is 10.2 Å². The first-order valence-electron chi connectivity index (χ1n) is 12.5. The lowest BCUT2D eigenvalue weighted by Crippen LogP contribution is -2.55. The second-order valence-corrected chi connectivity index (χ2v) is 9.92. The predicted octanol–water partition coefficient (Wildman–Crippen LogP) is 3.96. The van der Waals surface area contributed by atoms with Crippen LogP contribution in [0.25, 0.3) is 0 Å². The van der Waals surface area contributed by atoms with Crippen molar-refractivity contribution in [3.8, 4) is 0 Å². The Morgan fingerprint density at radius 1 is 1.00 bits per heavy atom. The summed E-state index contributed by atoms with van der Waals surface area (Å²) >= 11 is 1.54. The van der Waals surface area contributed by atoms with Crippen molar-refractivity contribution in [3.05, 3.63) is 93.2 Å². The van der Waals surface area contributed by atoms with Crippen molar-refractivity contribution in [3.63, 3.8) is 0 Å². The zero-order chi connectivity index (χ0) is 27.5. The molecule has 0 radical (unpaired) electrons. The Labute approximate surface area is 225 Å². The summed E-state index contributed by atoms with van der Waals surface area (Å²) in [5, 5.41) is 18.1. The molecule has 0 spiro atoms. The lowest BCUT2D eigenvalue weighted by Gasteiger charge is -2.32. The number of aliphatic hydroxyl groups excluding tert-OH is 1. The number of rotatable bonds is 12. The van der Waals surface area contributed by atoms with Gasteiger partial charge in [-0.2, -0.15) is 11.3 Å². The number of thiophene rings is 1. The molecule has 0 saturated carbocycles. The highest BCUT2D eigenvalue weighted by Crippen LogP contribution is 2.16. The van der Waals surface area contributed by atoms with E-state index in [0.717, 1.165) is 23.6 Å². The smallest absolute Gasteiger partial charge is 0.336 e. The quantitative estimate of drug-likeness (QED) is 0.260. The Hall–Kier alpha value is -3.34. The SMILES string of the molecule is CCc1cccc(CNCC(O)C(Cc2cc(F)cc(F)c2)N(C)C(=O)NNC(=O)CCc2ccsc2)c1. The zero-order valence-electron chi connectivity index (χ0n) is 21.5. The van der Waals surface area contributed by atoms with Gasteiger partial charge in [0, 0.05) is 32.6 Å². The standard InChI is InChI=1S/C28H34F2N4O3S/c1-3-19-5-4-6-21(11-19)16-31-17-26(35)25(14-22-12-23(29)15-24(30)13-22)34(2)28(37)33-32-27(36)8-7-20-9-10-38-18-20/h4-6,9-13,15,18,25-26,31,35H,3,7-8,14,16-17H2,1-2H3,(H,32,36)(H,33,37). The number of halogens is 2. The molecule has 3 amide bonds. The van der Waals surface area contributed by atoms with Crippen LogP contribution >= 0.6 is 11.3 Å². The minimum Gasteiger partial charge on any atom is -0.390 e. The van der Waals surface area contributed by atoms with Gasteiger partial charge < -0.3 is 15.3 Å². The van der Waals surface area contributed by atoms with Crippen LogP contribution < -0.4 is 16.2 Å². The van der Waals surface area contributed by atoms with Gasteiger partial charge >= 0.3 is 6.03 Å². The molecular weight excluding hydrogens is 510 g/mol. The number of aliphatic hydroxyl groups is 1. The molecule has 4 N–H and O–H groups in total. The molecule has 3 rings (SSSR count). The number of carbonyl (C=O) groups is 2. The summed E-state index contributed by atoms with van der Waals surface area (Å²) in [6.07, 6.45) is 0.575. The van der Waals surface area contributed by atoms with Gasteiger partial charge in [-0.25, -0.2) is 19.0 Å². The molecule has 1 aromatic heterocycles. The fraction of sp³-hybridized carbons (Fsp3) is 0.357. The number of urea groups is 1. The van der Waals surface area contributed by atoms with E-state index in [2.05, 4.69) is 29.2 Å². The van der Waals surface area contributed by atoms with E-state index in [0.29, 0.717) is 18.5 Å². The summed E-state index contributed by atoms with van der Waals surface area (Å²) in [5.41, 5.74) is 8.32. The van der Waals surface area contributed by atoms with E-state index in [-0.39, 0.29) is 25.3 Å². The number of carbonyl (C=O) groups excluding carboxylic acids is 2. The number of nitrogens with zero attached hydrogens (tertiary/aromatic N) is 1. The van der Waals surface area contributed by atoms with Gasteiger partial charge in [0.1, 0.15) is 11.6 Å². The van der Waals surface area contributed by atoms with Gasteiger partial charge in [-0.15, -0.1) is 0 Å². The Balaban J connectivity index is 1.61. The van der Waals surface area contributed by atoms with E-state index in [1.54, 1.807) is 11.3 Å². The summed E-state index contributed by atoms with van der Waals surface area (Å²) in [6.45, 7) is 2.70. The van der Waals surface area contributed by atoms with Crippen LogP contribution in [0.4, 0.5) is 13.6 Å². The molecule has 2 unspecified atom stereocenters. The van der Waals surface area contributed by atoms with Gasteiger partial charge in [-0.1, -0.05) is 31.2 Å². The topological polar surface area (TPSA) is 93.7 Å². The molecule has 0 aliphatic carbocycles. The van der Waals surface area contributed by atoms with E-state index < -0.39 is 29.8 Å². The number of nitrogens with one attached hydrogen (secondary N) is 3. The van der Waals surface area contributed by atoms with Gasteiger partial charge in [0.15, 0.2) is 0 Å². The van der Waals surface area contributed by atoms with E-state index in [1.165, 1.54) is 29.6 Å². The molecule has 0 fully saturated rings. The maximum atomic E-state index is 13.8. The highest BCUT2D eigenvalue weighted by atomic mass is 32.1. The second kappa shape index (κ2) is 14.6. The van der Waals surface area contributed by atoms with E-state index >= 15 is 0 Å². The van der Waals surface area contributed by atoms with Crippen LogP contribution in [0.1, 0.15) is 35.6 Å². The molecule has 10 heteroatoms. The molecule has 2 aromatic carbocycles. The van der Waals surface area contributed by atoms with E-state index in [9.17, 15) is 23.5 Å². The number of benzene rings is 2. The number of aryl methyl sites for hydroxylation is 2. The molecule has 204 valence electrons. The average Bonchev–Trinajstić information content (AvgIpc) is 3.42. The minimum absolute atomic E-state index is 0.00112. The summed E-state index contributed by atoms with van der Waals surface area (Å²) in [5.74, 6) is -1.85. The molecular formula is C28H34F2N4O3S. The molecule has 38 heavy (non-hydrogen) atoms. The highest BCUT2D eigenvalue weighted by molar-refractivity contribution is 7.07. The summed E-state index contributed by atoms with van der Waals surface area (Å²) in [6, 6.07) is 11.6. The summed E-state index contributed by atoms with van der Waals surface area (Å²) < 4.78 is 27.6. The van der Waals surface area contributed by atoms with Crippen LogP contribution in [0.3, 0.4) is 0 Å². The van der Waals surface area contributed by atoms with E-state index in [1.807, 2.05) is 35.0 Å². The van der Waals surface area contributed by atoms with Crippen molar-refractivity contribution in [1.29, 1.82) is 0 Å². The first-order chi connectivity index (χ1) is 18.2. The van der Waals surface area contributed by atoms with Gasteiger partial charge in [0.05, 0.1) is 12.1 Å². The monoisotopic (exact) mass is 544 g/mol. The zero-order valence-corrected chi connectivity index (χ0v) is 22.4. The first kappa shape index (κ1) is 29.2.